The minimum Gasteiger partial charge on any atom is -0.415 e. The first kappa shape index (κ1) is 17.7. The lowest BCUT2D eigenvalue weighted by atomic mass is 10.1. The normalized spacial score (nSPS) is 21.0. The van der Waals surface area contributed by atoms with Crippen molar-refractivity contribution in [2.24, 2.45) is 0 Å². The third-order valence-corrected chi connectivity index (χ3v) is 9.52. The monoisotopic (exact) mass is 321 g/mol. The molecule has 2 rings (SSSR count). The zero-order valence-corrected chi connectivity index (χ0v) is 15.8. The second-order valence-electron chi connectivity index (χ2n) is 7.76. The van der Waals surface area contributed by atoms with Gasteiger partial charge in [0.1, 0.15) is 0 Å². The molecule has 4 heteroatoms. The molecule has 0 saturated carbocycles. The van der Waals surface area contributed by atoms with Crippen molar-refractivity contribution in [3.8, 4) is 0 Å². The highest BCUT2D eigenvalue weighted by Gasteiger charge is 2.38. The van der Waals surface area contributed by atoms with Crippen molar-refractivity contribution >= 4 is 8.32 Å². The molecular formula is C18H31NO2Si. The molecule has 124 valence electrons. The molecule has 1 heterocycles. The largest absolute Gasteiger partial charge is 0.415 e. The van der Waals surface area contributed by atoms with Crippen molar-refractivity contribution in [2.45, 2.75) is 51.5 Å². The molecule has 1 saturated heterocycles. The predicted molar refractivity (Wildman–Crippen MR) is 94.6 cm³/mol. The van der Waals surface area contributed by atoms with Crippen LogP contribution in [-0.4, -0.2) is 45.6 Å². The Morgan fingerprint density at radius 3 is 2.55 bits per heavy atom. The minimum absolute atomic E-state index is 0.257. The van der Waals surface area contributed by atoms with E-state index in [1.54, 1.807) is 0 Å². The quantitative estimate of drug-likeness (QED) is 0.768. The first-order chi connectivity index (χ1) is 10.3. The Balaban J connectivity index is 1.95. The number of hydrogen-bond donors (Lipinski definition) is 0. The summed E-state index contributed by atoms with van der Waals surface area (Å²) in [7, 11) is -1.69. The van der Waals surface area contributed by atoms with Gasteiger partial charge in [0.25, 0.3) is 0 Å². The Hall–Kier alpha value is -0.683. The van der Waals surface area contributed by atoms with Crippen molar-refractivity contribution in [2.75, 3.05) is 26.4 Å². The first-order valence-electron chi connectivity index (χ1n) is 8.29. The predicted octanol–water partition coefficient (Wildman–Crippen LogP) is 3.91. The number of morpholine rings is 1. The molecule has 0 unspecified atom stereocenters. The molecule has 3 nitrogen and oxygen atoms in total. The fraction of sp³-hybridized carbons (Fsp3) is 0.667. The summed E-state index contributed by atoms with van der Waals surface area (Å²) in [5.74, 6) is 0. The van der Waals surface area contributed by atoms with Crippen LogP contribution in [-0.2, 0) is 15.7 Å². The highest BCUT2D eigenvalue weighted by molar-refractivity contribution is 6.74. The van der Waals surface area contributed by atoms with Crippen LogP contribution in [0.3, 0.4) is 0 Å². The van der Waals surface area contributed by atoms with E-state index in [9.17, 15) is 0 Å². The molecule has 1 aliphatic rings. The third kappa shape index (κ3) is 4.65. The molecule has 0 bridgehead atoms. The van der Waals surface area contributed by atoms with Crippen LogP contribution in [0.2, 0.25) is 18.1 Å². The van der Waals surface area contributed by atoms with Gasteiger partial charge in [-0.05, 0) is 23.7 Å². The number of rotatable bonds is 5. The van der Waals surface area contributed by atoms with Crippen LogP contribution in [0.25, 0.3) is 0 Å². The van der Waals surface area contributed by atoms with Gasteiger partial charge in [-0.1, -0.05) is 51.1 Å². The van der Waals surface area contributed by atoms with Crippen LogP contribution < -0.4 is 0 Å². The standard InChI is InChI=1S/C18H31NO2Si/c1-18(2,3)22(4,5)21-15-17-14-20-12-11-19(17)13-16-9-7-6-8-10-16/h6-10,17H,11-15H2,1-5H3/t17-/m1/s1. The molecule has 0 aliphatic carbocycles. The minimum atomic E-state index is -1.69. The van der Waals surface area contributed by atoms with E-state index in [1.807, 2.05) is 0 Å². The molecule has 0 radical (unpaired) electrons. The average Bonchev–Trinajstić information content (AvgIpc) is 2.46. The van der Waals surface area contributed by atoms with Gasteiger partial charge in [0.2, 0.25) is 0 Å². The molecule has 1 aromatic rings. The lowest BCUT2D eigenvalue weighted by Crippen LogP contribution is -2.50. The van der Waals surface area contributed by atoms with Crippen LogP contribution in [0.4, 0.5) is 0 Å². The molecule has 0 spiro atoms. The fourth-order valence-electron chi connectivity index (χ4n) is 2.39. The Morgan fingerprint density at radius 2 is 1.91 bits per heavy atom. The van der Waals surface area contributed by atoms with Crippen LogP contribution >= 0.6 is 0 Å². The maximum absolute atomic E-state index is 6.42. The van der Waals surface area contributed by atoms with Crippen molar-refractivity contribution in [3.63, 3.8) is 0 Å². The van der Waals surface area contributed by atoms with Gasteiger partial charge >= 0.3 is 0 Å². The number of hydrogen-bond acceptors (Lipinski definition) is 3. The Morgan fingerprint density at radius 1 is 1.23 bits per heavy atom. The molecule has 0 amide bonds. The van der Waals surface area contributed by atoms with Gasteiger partial charge < -0.3 is 9.16 Å². The van der Waals surface area contributed by atoms with Crippen molar-refractivity contribution in [1.82, 2.24) is 4.90 Å². The second kappa shape index (κ2) is 7.26. The lowest BCUT2D eigenvalue weighted by molar-refractivity contribution is -0.0292. The van der Waals surface area contributed by atoms with E-state index >= 15 is 0 Å². The van der Waals surface area contributed by atoms with Gasteiger partial charge in [0.15, 0.2) is 8.32 Å². The van der Waals surface area contributed by atoms with E-state index in [-0.39, 0.29) is 5.04 Å². The van der Waals surface area contributed by atoms with E-state index in [1.165, 1.54) is 5.56 Å². The summed E-state index contributed by atoms with van der Waals surface area (Å²) in [6.45, 7) is 15.9. The van der Waals surface area contributed by atoms with Gasteiger partial charge in [0.05, 0.1) is 25.9 Å². The third-order valence-electron chi connectivity index (χ3n) is 5.02. The fourth-order valence-corrected chi connectivity index (χ4v) is 3.43. The van der Waals surface area contributed by atoms with Gasteiger partial charge in [-0.25, -0.2) is 0 Å². The van der Waals surface area contributed by atoms with E-state index in [2.05, 4.69) is 69.1 Å². The van der Waals surface area contributed by atoms with Crippen molar-refractivity contribution in [3.05, 3.63) is 35.9 Å². The highest BCUT2D eigenvalue weighted by atomic mass is 28.4. The summed E-state index contributed by atoms with van der Waals surface area (Å²) in [5.41, 5.74) is 1.36. The number of ether oxygens (including phenoxy) is 1. The van der Waals surface area contributed by atoms with Crippen LogP contribution in [0.1, 0.15) is 26.3 Å². The summed E-state index contributed by atoms with van der Waals surface area (Å²) < 4.78 is 12.1. The molecular weight excluding hydrogens is 290 g/mol. The molecule has 22 heavy (non-hydrogen) atoms. The molecule has 1 atom stereocenters. The Bertz CT molecular complexity index is 456. The molecule has 1 fully saturated rings. The zero-order chi connectivity index (χ0) is 16.2. The van der Waals surface area contributed by atoms with E-state index in [0.717, 1.165) is 32.9 Å². The summed E-state index contributed by atoms with van der Waals surface area (Å²) in [5, 5.41) is 0.257. The zero-order valence-electron chi connectivity index (χ0n) is 14.8. The van der Waals surface area contributed by atoms with E-state index < -0.39 is 8.32 Å². The van der Waals surface area contributed by atoms with Crippen molar-refractivity contribution < 1.29 is 9.16 Å². The summed E-state index contributed by atoms with van der Waals surface area (Å²) in [6.07, 6.45) is 0. The van der Waals surface area contributed by atoms with Gasteiger partial charge in [-0.3, -0.25) is 4.90 Å². The summed E-state index contributed by atoms with van der Waals surface area (Å²) >= 11 is 0. The Labute approximate surface area is 136 Å². The van der Waals surface area contributed by atoms with E-state index in [0.29, 0.717) is 6.04 Å². The van der Waals surface area contributed by atoms with Gasteiger partial charge in [-0.2, -0.15) is 0 Å². The smallest absolute Gasteiger partial charge is 0.192 e. The lowest BCUT2D eigenvalue weighted by Gasteiger charge is -2.41. The summed E-state index contributed by atoms with van der Waals surface area (Å²) in [4.78, 5) is 2.51. The highest BCUT2D eigenvalue weighted by Crippen LogP contribution is 2.36. The van der Waals surface area contributed by atoms with Gasteiger partial charge in [0, 0.05) is 13.1 Å². The number of nitrogens with zero attached hydrogens (tertiary/aromatic N) is 1. The SMILES string of the molecule is CC(C)(C)[Si](C)(C)OC[C@H]1COCCN1Cc1ccccc1. The molecule has 1 aromatic carbocycles. The topological polar surface area (TPSA) is 21.7 Å². The van der Waals surface area contributed by atoms with Crippen molar-refractivity contribution in [1.29, 1.82) is 0 Å². The van der Waals surface area contributed by atoms with Crippen LogP contribution in [0.5, 0.6) is 0 Å². The van der Waals surface area contributed by atoms with E-state index in [4.69, 9.17) is 9.16 Å². The Kier molecular flexibility index (Phi) is 5.83. The molecule has 1 aliphatic heterocycles. The van der Waals surface area contributed by atoms with Gasteiger partial charge in [-0.15, -0.1) is 0 Å². The maximum Gasteiger partial charge on any atom is 0.192 e. The first-order valence-corrected chi connectivity index (χ1v) is 11.2. The van der Waals surface area contributed by atoms with Crippen LogP contribution in [0, 0.1) is 0 Å². The molecule has 0 aromatic heterocycles. The number of benzene rings is 1. The maximum atomic E-state index is 6.42. The molecule has 0 N–H and O–H groups in total. The second-order valence-corrected chi connectivity index (χ2v) is 12.6. The van der Waals surface area contributed by atoms with Crippen LogP contribution in [0.15, 0.2) is 30.3 Å². The summed E-state index contributed by atoms with van der Waals surface area (Å²) in [6, 6.07) is 11.0. The average molecular weight is 322 g/mol.